The van der Waals surface area contributed by atoms with Crippen molar-refractivity contribution in [2.45, 2.75) is 31.1 Å². The molecule has 120 valence electrons. The molecular weight excluding hydrogens is 291 g/mol. The number of benzene rings is 2. The summed E-state index contributed by atoms with van der Waals surface area (Å²) in [5.41, 5.74) is 9.60. The molecule has 3 nitrogen and oxygen atoms in total. The number of carbonyl (C=O) groups excluding carboxylic acids is 1. The highest BCUT2D eigenvalue weighted by atomic mass is 19.1. The van der Waals surface area contributed by atoms with Crippen LogP contribution in [0.3, 0.4) is 0 Å². The zero-order valence-corrected chi connectivity index (χ0v) is 13.2. The van der Waals surface area contributed by atoms with E-state index >= 15 is 0 Å². The predicted molar refractivity (Wildman–Crippen MR) is 91.2 cm³/mol. The smallest absolute Gasteiger partial charge is 0.130 e. The molecule has 1 fully saturated rings. The number of nitrogens with one attached hydrogen (secondary N) is 1. The minimum absolute atomic E-state index is 0.229. The van der Waals surface area contributed by atoms with Crippen molar-refractivity contribution in [1.29, 1.82) is 0 Å². The summed E-state index contributed by atoms with van der Waals surface area (Å²) in [6.07, 6.45) is 4.20. The third kappa shape index (κ3) is 2.69. The Bertz CT molecular complexity index is 738. The molecule has 3 rings (SSSR count). The summed E-state index contributed by atoms with van der Waals surface area (Å²) in [5, 5.41) is 3.20. The van der Waals surface area contributed by atoms with Crippen molar-refractivity contribution >= 4 is 17.7 Å². The van der Waals surface area contributed by atoms with E-state index in [1.165, 1.54) is 6.07 Å². The SMILES string of the molecule is CNc1c(Cc2ccccc2F)cc(N)cc1C1(C=O)CCC1. The van der Waals surface area contributed by atoms with E-state index in [-0.39, 0.29) is 5.82 Å². The van der Waals surface area contributed by atoms with Crippen molar-refractivity contribution in [3.05, 3.63) is 58.9 Å². The van der Waals surface area contributed by atoms with Gasteiger partial charge in [0.2, 0.25) is 0 Å². The lowest BCUT2D eigenvalue weighted by atomic mass is 9.64. The molecule has 1 aliphatic carbocycles. The Kier molecular flexibility index (Phi) is 4.07. The molecule has 0 spiro atoms. The van der Waals surface area contributed by atoms with Crippen LogP contribution in [0, 0.1) is 5.82 Å². The number of halogens is 1. The minimum Gasteiger partial charge on any atom is -0.399 e. The molecule has 3 N–H and O–H groups in total. The fraction of sp³-hybridized carbons (Fsp3) is 0.316. The highest BCUT2D eigenvalue weighted by Gasteiger charge is 2.40. The van der Waals surface area contributed by atoms with Gasteiger partial charge in [0.15, 0.2) is 0 Å². The molecule has 0 radical (unpaired) electrons. The number of hydrogen-bond acceptors (Lipinski definition) is 3. The van der Waals surface area contributed by atoms with Gasteiger partial charge in [0.05, 0.1) is 5.41 Å². The minimum atomic E-state index is -0.447. The molecule has 2 aromatic rings. The largest absolute Gasteiger partial charge is 0.399 e. The van der Waals surface area contributed by atoms with E-state index in [4.69, 9.17) is 5.73 Å². The first-order chi connectivity index (χ1) is 11.1. The average molecular weight is 312 g/mol. The number of hydrogen-bond donors (Lipinski definition) is 2. The molecule has 1 saturated carbocycles. The highest BCUT2D eigenvalue weighted by molar-refractivity contribution is 5.78. The molecule has 0 aromatic heterocycles. The zero-order valence-electron chi connectivity index (χ0n) is 13.2. The molecule has 0 saturated heterocycles. The molecule has 0 heterocycles. The topological polar surface area (TPSA) is 55.1 Å². The van der Waals surface area contributed by atoms with E-state index < -0.39 is 5.41 Å². The number of nitrogens with two attached hydrogens (primary N) is 1. The summed E-state index contributed by atoms with van der Waals surface area (Å²) < 4.78 is 14.0. The fourth-order valence-corrected chi connectivity index (χ4v) is 3.41. The van der Waals surface area contributed by atoms with Gasteiger partial charge in [-0.2, -0.15) is 0 Å². The van der Waals surface area contributed by atoms with Crippen LogP contribution in [0.1, 0.15) is 36.0 Å². The third-order valence-electron chi connectivity index (χ3n) is 4.84. The van der Waals surface area contributed by atoms with Gasteiger partial charge in [0.25, 0.3) is 0 Å². The second-order valence-electron chi connectivity index (χ2n) is 6.25. The van der Waals surface area contributed by atoms with E-state index in [0.29, 0.717) is 17.7 Å². The van der Waals surface area contributed by atoms with Gasteiger partial charge >= 0.3 is 0 Å². The van der Waals surface area contributed by atoms with Gasteiger partial charge in [0.1, 0.15) is 12.1 Å². The summed E-state index contributed by atoms with van der Waals surface area (Å²) in [6.45, 7) is 0. The molecule has 4 heteroatoms. The van der Waals surface area contributed by atoms with Crippen LogP contribution < -0.4 is 11.1 Å². The summed E-state index contributed by atoms with van der Waals surface area (Å²) in [5.74, 6) is -0.229. The Morgan fingerprint density at radius 3 is 2.57 bits per heavy atom. The number of anilines is 2. The van der Waals surface area contributed by atoms with E-state index in [2.05, 4.69) is 5.32 Å². The summed E-state index contributed by atoms with van der Waals surface area (Å²) >= 11 is 0. The molecule has 1 aliphatic rings. The maximum absolute atomic E-state index is 14.0. The van der Waals surface area contributed by atoms with Crippen LogP contribution in [0.15, 0.2) is 36.4 Å². The average Bonchev–Trinajstić information content (AvgIpc) is 2.49. The van der Waals surface area contributed by atoms with Crippen LogP contribution in [-0.2, 0) is 16.6 Å². The maximum atomic E-state index is 14.0. The Labute approximate surface area is 135 Å². The Morgan fingerprint density at radius 2 is 2.00 bits per heavy atom. The first-order valence-electron chi connectivity index (χ1n) is 7.90. The lowest BCUT2D eigenvalue weighted by molar-refractivity contribution is -0.115. The summed E-state index contributed by atoms with van der Waals surface area (Å²) in [4.78, 5) is 11.7. The van der Waals surface area contributed by atoms with Crippen LogP contribution in [0.2, 0.25) is 0 Å². The number of nitrogen functional groups attached to an aromatic ring is 1. The van der Waals surface area contributed by atoms with Gasteiger partial charge < -0.3 is 15.8 Å². The van der Waals surface area contributed by atoms with Crippen LogP contribution in [-0.4, -0.2) is 13.3 Å². The molecule has 2 aromatic carbocycles. The Balaban J connectivity index is 2.09. The van der Waals surface area contributed by atoms with Gasteiger partial charge in [-0.3, -0.25) is 0 Å². The number of rotatable bonds is 5. The van der Waals surface area contributed by atoms with Crippen molar-refractivity contribution < 1.29 is 9.18 Å². The second-order valence-corrected chi connectivity index (χ2v) is 6.25. The quantitative estimate of drug-likeness (QED) is 0.654. The van der Waals surface area contributed by atoms with E-state index in [0.717, 1.165) is 42.4 Å². The number of aldehydes is 1. The molecule has 0 aliphatic heterocycles. The van der Waals surface area contributed by atoms with Crippen LogP contribution in [0.25, 0.3) is 0 Å². The lowest BCUT2D eigenvalue weighted by Gasteiger charge is -2.39. The predicted octanol–water partition coefficient (Wildman–Crippen LogP) is 3.66. The maximum Gasteiger partial charge on any atom is 0.130 e. The van der Waals surface area contributed by atoms with Crippen LogP contribution in [0.5, 0.6) is 0 Å². The monoisotopic (exact) mass is 312 g/mol. The highest BCUT2D eigenvalue weighted by Crippen LogP contribution is 2.46. The van der Waals surface area contributed by atoms with E-state index in [1.807, 2.05) is 25.2 Å². The standard InChI is InChI=1S/C19H21FN2O/c1-22-18-14(9-13-5-2-3-6-17(13)20)10-15(21)11-16(18)19(12-23)7-4-8-19/h2-3,5-6,10-12,22H,4,7-9,21H2,1H3. The van der Waals surface area contributed by atoms with E-state index in [9.17, 15) is 9.18 Å². The van der Waals surface area contributed by atoms with Crippen molar-refractivity contribution in [3.63, 3.8) is 0 Å². The molecular formula is C19H21FN2O. The van der Waals surface area contributed by atoms with Gasteiger partial charge in [-0.15, -0.1) is 0 Å². The second kappa shape index (κ2) is 6.03. The summed E-state index contributed by atoms with van der Waals surface area (Å²) in [6, 6.07) is 10.5. The normalized spacial score (nSPS) is 15.7. The van der Waals surface area contributed by atoms with Gasteiger partial charge in [-0.1, -0.05) is 24.6 Å². The third-order valence-corrected chi connectivity index (χ3v) is 4.84. The number of carbonyl (C=O) groups is 1. The Morgan fingerprint density at radius 1 is 1.26 bits per heavy atom. The van der Waals surface area contributed by atoms with Crippen LogP contribution >= 0.6 is 0 Å². The molecule has 0 amide bonds. The van der Waals surface area contributed by atoms with Crippen molar-refractivity contribution in [2.24, 2.45) is 0 Å². The van der Waals surface area contributed by atoms with E-state index in [1.54, 1.807) is 12.1 Å². The van der Waals surface area contributed by atoms with Crippen LogP contribution in [0.4, 0.5) is 15.8 Å². The summed E-state index contributed by atoms with van der Waals surface area (Å²) in [7, 11) is 1.83. The molecule has 23 heavy (non-hydrogen) atoms. The molecule has 0 atom stereocenters. The molecule has 0 bridgehead atoms. The van der Waals surface area contributed by atoms with Crippen molar-refractivity contribution in [1.82, 2.24) is 0 Å². The lowest BCUT2D eigenvalue weighted by Crippen LogP contribution is -2.36. The first kappa shape index (κ1) is 15.5. The van der Waals surface area contributed by atoms with Crippen molar-refractivity contribution in [3.8, 4) is 0 Å². The van der Waals surface area contributed by atoms with Gasteiger partial charge in [-0.25, -0.2) is 4.39 Å². The zero-order chi connectivity index (χ0) is 16.4. The fourth-order valence-electron chi connectivity index (χ4n) is 3.41. The molecule has 0 unspecified atom stereocenters. The first-order valence-corrected chi connectivity index (χ1v) is 7.90. The van der Waals surface area contributed by atoms with Gasteiger partial charge in [-0.05, 0) is 47.7 Å². The Hall–Kier alpha value is -2.36. The van der Waals surface area contributed by atoms with Crippen molar-refractivity contribution in [2.75, 3.05) is 18.1 Å². The van der Waals surface area contributed by atoms with Gasteiger partial charge in [0, 0.05) is 24.8 Å².